The van der Waals surface area contributed by atoms with Crippen molar-refractivity contribution in [2.45, 2.75) is 18.7 Å². The molecular formula is C18H18ClN3O3S. The Labute approximate surface area is 158 Å². The molecular weight excluding hydrogens is 374 g/mol. The highest BCUT2D eigenvalue weighted by molar-refractivity contribution is 7.89. The number of hydrogen-bond donors (Lipinski definition) is 1. The van der Waals surface area contributed by atoms with E-state index in [1.807, 2.05) is 6.07 Å². The lowest BCUT2D eigenvalue weighted by Gasteiger charge is -2.18. The Kier molecular flexibility index (Phi) is 6.37. The molecule has 0 fully saturated rings. The van der Waals surface area contributed by atoms with E-state index < -0.39 is 15.9 Å². The third-order valence-corrected chi connectivity index (χ3v) is 6.16. The Morgan fingerprint density at radius 3 is 2.50 bits per heavy atom. The van der Waals surface area contributed by atoms with Gasteiger partial charge in [0.25, 0.3) is 5.91 Å². The average Bonchev–Trinajstić information content (AvgIpc) is 2.64. The average molecular weight is 392 g/mol. The van der Waals surface area contributed by atoms with E-state index in [4.69, 9.17) is 16.9 Å². The summed E-state index contributed by atoms with van der Waals surface area (Å²) in [7, 11) is -3.65. The summed E-state index contributed by atoms with van der Waals surface area (Å²) in [6, 6.07) is 12.3. The van der Waals surface area contributed by atoms with Gasteiger partial charge in [0.1, 0.15) is 6.07 Å². The molecule has 0 aromatic heterocycles. The molecule has 8 heteroatoms. The second-order valence-corrected chi connectivity index (χ2v) is 7.72. The first-order valence-corrected chi connectivity index (χ1v) is 9.76. The van der Waals surface area contributed by atoms with E-state index in [2.05, 4.69) is 5.32 Å². The lowest BCUT2D eigenvalue weighted by molar-refractivity contribution is 0.102. The van der Waals surface area contributed by atoms with Gasteiger partial charge in [0.15, 0.2) is 0 Å². The summed E-state index contributed by atoms with van der Waals surface area (Å²) in [5.74, 6) is -0.479. The van der Waals surface area contributed by atoms with Crippen molar-refractivity contribution in [3.63, 3.8) is 0 Å². The van der Waals surface area contributed by atoms with Gasteiger partial charge in [-0.25, -0.2) is 8.42 Å². The Balaban J connectivity index is 2.30. The highest BCUT2D eigenvalue weighted by Gasteiger charge is 2.22. The van der Waals surface area contributed by atoms with E-state index in [1.54, 1.807) is 19.9 Å². The standard InChI is InChI=1S/C18H18ClN3O3S/c1-3-22(4-2)26(24,25)16-7-5-6-13(11-16)18(23)21-15-8-9-17(19)14(10-15)12-20/h5-11H,3-4H2,1-2H3,(H,21,23). The third-order valence-electron chi connectivity index (χ3n) is 3.78. The molecule has 136 valence electrons. The zero-order valence-electron chi connectivity index (χ0n) is 14.4. The number of anilines is 1. The normalized spacial score (nSPS) is 11.2. The molecule has 26 heavy (non-hydrogen) atoms. The molecule has 0 unspecified atom stereocenters. The lowest BCUT2D eigenvalue weighted by atomic mass is 10.2. The number of rotatable bonds is 6. The first-order chi connectivity index (χ1) is 12.3. The van der Waals surface area contributed by atoms with Gasteiger partial charge in [0.05, 0.1) is 15.5 Å². The molecule has 0 heterocycles. The minimum absolute atomic E-state index is 0.0580. The van der Waals surface area contributed by atoms with Crippen molar-refractivity contribution in [2.75, 3.05) is 18.4 Å². The van der Waals surface area contributed by atoms with Gasteiger partial charge in [0.2, 0.25) is 10.0 Å². The van der Waals surface area contributed by atoms with E-state index in [0.717, 1.165) is 0 Å². The summed E-state index contributed by atoms with van der Waals surface area (Å²) in [6.07, 6.45) is 0. The largest absolute Gasteiger partial charge is 0.322 e. The molecule has 2 aromatic rings. The molecule has 0 atom stereocenters. The molecule has 0 aliphatic carbocycles. The summed E-state index contributed by atoms with van der Waals surface area (Å²) in [4.78, 5) is 12.5. The number of carbonyl (C=O) groups is 1. The number of hydrogen-bond acceptors (Lipinski definition) is 4. The number of nitrogens with one attached hydrogen (secondary N) is 1. The van der Waals surface area contributed by atoms with Gasteiger partial charge < -0.3 is 5.32 Å². The van der Waals surface area contributed by atoms with Crippen LogP contribution in [0.5, 0.6) is 0 Å². The Bertz CT molecular complexity index is 964. The number of halogens is 1. The second kappa shape index (κ2) is 8.32. The van der Waals surface area contributed by atoms with E-state index in [1.165, 1.54) is 40.7 Å². The van der Waals surface area contributed by atoms with Crippen LogP contribution in [0.1, 0.15) is 29.8 Å². The van der Waals surface area contributed by atoms with Crippen LogP contribution in [0.4, 0.5) is 5.69 Å². The highest BCUT2D eigenvalue weighted by atomic mass is 35.5. The molecule has 1 amide bonds. The van der Waals surface area contributed by atoms with Gasteiger partial charge in [-0.15, -0.1) is 0 Å². The van der Waals surface area contributed by atoms with Crippen LogP contribution >= 0.6 is 11.6 Å². The number of sulfonamides is 1. The zero-order chi connectivity index (χ0) is 19.3. The zero-order valence-corrected chi connectivity index (χ0v) is 15.9. The summed E-state index contributed by atoms with van der Waals surface area (Å²) in [5, 5.41) is 11.9. The molecule has 0 radical (unpaired) electrons. The number of carbonyl (C=O) groups excluding carboxylic acids is 1. The summed E-state index contributed by atoms with van der Waals surface area (Å²) >= 11 is 5.87. The SMILES string of the molecule is CCN(CC)S(=O)(=O)c1cccc(C(=O)Nc2ccc(Cl)c(C#N)c2)c1. The van der Waals surface area contributed by atoms with Crippen molar-refractivity contribution in [1.82, 2.24) is 4.31 Å². The maximum absolute atomic E-state index is 12.6. The fraction of sp³-hybridized carbons (Fsp3) is 0.222. The van der Waals surface area contributed by atoms with Gasteiger partial charge in [-0.1, -0.05) is 31.5 Å². The number of nitriles is 1. The Morgan fingerprint density at radius 2 is 1.88 bits per heavy atom. The summed E-state index contributed by atoms with van der Waals surface area (Å²) < 4.78 is 26.5. The van der Waals surface area contributed by atoms with Crippen molar-refractivity contribution in [3.05, 3.63) is 58.6 Å². The maximum atomic E-state index is 12.6. The van der Waals surface area contributed by atoms with Gasteiger partial charge >= 0.3 is 0 Å². The van der Waals surface area contributed by atoms with Gasteiger partial charge in [0, 0.05) is 24.3 Å². The molecule has 1 N–H and O–H groups in total. The first kappa shape index (κ1) is 19.9. The van der Waals surface area contributed by atoms with E-state index in [-0.39, 0.29) is 21.0 Å². The topological polar surface area (TPSA) is 90.3 Å². The molecule has 2 aromatic carbocycles. The minimum atomic E-state index is -3.65. The van der Waals surface area contributed by atoms with Crippen LogP contribution in [-0.4, -0.2) is 31.7 Å². The summed E-state index contributed by atoms with van der Waals surface area (Å²) in [6.45, 7) is 4.20. The fourth-order valence-electron chi connectivity index (χ4n) is 2.40. The molecule has 0 aliphatic rings. The maximum Gasteiger partial charge on any atom is 0.255 e. The number of nitrogens with zero attached hydrogens (tertiary/aromatic N) is 2. The van der Waals surface area contributed by atoms with Crippen molar-refractivity contribution in [1.29, 1.82) is 5.26 Å². The predicted octanol–water partition coefficient (Wildman–Crippen LogP) is 3.49. The second-order valence-electron chi connectivity index (χ2n) is 5.38. The molecule has 6 nitrogen and oxygen atoms in total. The van der Waals surface area contributed by atoms with E-state index in [9.17, 15) is 13.2 Å². The lowest BCUT2D eigenvalue weighted by Crippen LogP contribution is -2.30. The van der Waals surface area contributed by atoms with Crippen LogP contribution in [0.15, 0.2) is 47.4 Å². The molecule has 0 saturated carbocycles. The Hall–Kier alpha value is -2.40. The van der Waals surface area contributed by atoms with Crippen LogP contribution in [0.3, 0.4) is 0 Å². The van der Waals surface area contributed by atoms with Crippen molar-refractivity contribution in [2.24, 2.45) is 0 Å². The smallest absolute Gasteiger partial charge is 0.255 e. The molecule has 0 aliphatic heterocycles. The van der Waals surface area contributed by atoms with E-state index in [0.29, 0.717) is 18.8 Å². The van der Waals surface area contributed by atoms with Crippen molar-refractivity contribution >= 4 is 33.2 Å². The number of benzene rings is 2. The van der Waals surface area contributed by atoms with Crippen LogP contribution in [-0.2, 0) is 10.0 Å². The van der Waals surface area contributed by atoms with Crippen LogP contribution in [0, 0.1) is 11.3 Å². The minimum Gasteiger partial charge on any atom is -0.322 e. The number of amides is 1. The quantitative estimate of drug-likeness (QED) is 0.815. The van der Waals surface area contributed by atoms with Crippen LogP contribution < -0.4 is 5.32 Å². The van der Waals surface area contributed by atoms with Crippen LogP contribution in [0.2, 0.25) is 5.02 Å². The molecule has 2 rings (SSSR count). The monoisotopic (exact) mass is 391 g/mol. The van der Waals surface area contributed by atoms with E-state index >= 15 is 0 Å². The van der Waals surface area contributed by atoms with Gasteiger partial charge in [-0.3, -0.25) is 4.79 Å². The first-order valence-electron chi connectivity index (χ1n) is 7.94. The fourth-order valence-corrected chi connectivity index (χ4v) is 4.07. The molecule has 0 bridgehead atoms. The highest BCUT2D eigenvalue weighted by Crippen LogP contribution is 2.21. The molecule has 0 spiro atoms. The Morgan fingerprint density at radius 1 is 1.19 bits per heavy atom. The van der Waals surface area contributed by atoms with Crippen LogP contribution in [0.25, 0.3) is 0 Å². The predicted molar refractivity (Wildman–Crippen MR) is 101 cm³/mol. The third kappa shape index (κ3) is 4.22. The van der Waals surface area contributed by atoms with Crippen molar-refractivity contribution < 1.29 is 13.2 Å². The van der Waals surface area contributed by atoms with Crippen molar-refractivity contribution in [3.8, 4) is 6.07 Å². The molecule has 0 saturated heterocycles. The summed E-state index contributed by atoms with van der Waals surface area (Å²) in [5.41, 5.74) is 0.835. The van der Waals surface area contributed by atoms with Gasteiger partial charge in [-0.05, 0) is 36.4 Å². The van der Waals surface area contributed by atoms with Gasteiger partial charge in [-0.2, -0.15) is 9.57 Å².